The van der Waals surface area contributed by atoms with Crippen LogP contribution in [0.5, 0.6) is 0 Å². The van der Waals surface area contributed by atoms with Crippen molar-refractivity contribution < 1.29 is 9.53 Å². The molecule has 1 aromatic carbocycles. The number of likely N-dealkylation sites (tertiary alicyclic amines) is 1. The minimum absolute atomic E-state index is 0.0153. The molecular formula is C18H22ClN3O3. The van der Waals surface area contributed by atoms with Gasteiger partial charge in [0.05, 0.1) is 23.3 Å². The van der Waals surface area contributed by atoms with E-state index in [4.69, 9.17) is 16.3 Å². The van der Waals surface area contributed by atoms with Crippen LogP contribution in [0, 0.1) is 0 Å². The summed E-state index contributed by atoms with van der Waals surface area (Å²) in [5, 5.41) is 4.40. The molecule has 1 aromatic heterocycles. The highest BCUT2D eigenvalue weighted by Crippen LogP contribution is 2.28. The Labute approximate surface area is 151 Å². The Morgan fingerprint density at radius 1 is 1.36 bits per heavy atom. The van der Waals surface area contributed by atoms with Crippen molar-refractivity contribution >= 4 is 34.2 Å². The van der Waals surface area contributed by atoms with E-state index in [1.165, 1.54) is 20.0 Å². The van der Waals surface area contributed by atoms with Crippen LogP contribution in [0.4, 0.5) is 5.69 Å². The lowest BCUT2D eigenvalue weighted by Crippen LogP contribution is -2.25. The average Bonchev–Trinajstić information content (AvgIpc) is 3.12. The number of esters is 1. The predicted octanol–water partition coefficient (Wildman–Crippen LogP) is 2.87. The number of fused-ring (bicyclic) bond motifs is 1. The SMILES string of the molecule is COC(=O)c1c(NCCCN2CCCC2)c2cccc(Cl)c2[nH]c1=O. The number of anilines is 1. The van der Waals surface area contributed by atoms with E-state index in [9.17, 15) is 9.59 Å². The summed E-state index contributed by atoms with van der Waals surface area (Å²) < 4.78 is 4.78. The number of pyridine rings is 1. The molecule has 2 heterocycles. The van der Waals surface area contributed by atoms with Crippen LogP contribution in [0.25, 0.3) is 10.9 Å². The number of nitrogens with one attached hydrogen (secondary N) is 2. The molecule has 0 bridgehead atoms. The van der Waals surface area contributed by atoms with Gasteiger partial charge in [0, 0.05) is 11.9 Å². The maximum absolute atomic E-state index is 12.4. The summed E-state index contributed by atoms with van der Waals surface area (Å²) in [5.74, 6) is -0.662. The molecule has 1 saturated heterocycles. The Bertz CT molecular complexity index is 828. The van der Waals surface area contributed by atoms with Crippen molar-refractivity contribution in [1.82, 2.24) is 9.88 Å². The van der Waals surface area contributed by atoms with E-state index >= 15 is 0 Å². The summed E-state index contributed by atoms with van der Waals surface area (Å²) in [5.41, 5.74) is 0.478. The molecule has 0 saturated carbocycles. The fourth-order valence-corrected chi connectivity index (χ4v) is 3.51. The first-order valence-electron chi connectivity index (χ1n) is 8.51. The second-order valence-electron chi connectivity index (χ2n) is 6.19. The molecule has 6 nitrogen and oxygen atoms in total. The van der Waals surface area contributed by atoms with Gasteiger partial charge in [-0.3, -0.25) is 4.79 Å². The van der Waals surface area contributed by atoms with Gasteiger partial charge in [0.1, 0.15) is 5.56 Å². The van der Waals surface area contributed by atoms with Crippen LogP contribution >= 0.6 is 11.6 Å². The van der Waals surface area contributed by atoms with Gasteiger partial charge in [0.15, 0.2) is 0 Å². The van der Waals surface area contributed by atoms with E-state index in [0.717, 1.165) is 26.1 Å². The zero-order valence-corrected chi connectivity index (χ0v) is 15.0. The van der Waals surface area contributed by atoms with Crippen LogP contribution < -0.4 is 10.9 Å². The maximum atomic E-state index is 12.4. The highest BCUT2D eigenvalue weighted by atomic mass is 35.5. The zero-order valence-electron chi connectivity index (χ0n) is 14.2. The molecule has 0 unspecified atom stereocenters. The number of halogens is 1. The summed E-state index contributed by atoms with van der Waals surface area (Å²) in [6.45, 7) is 3.96. The van der Waals surface area contributed by atoms with E-state index in [1.54, 1.807) is 12.1 Å². The summed E-state index contributed by atoms with van der Waals surface area (Å²) >= 11 is 6.19. The molecule has 25 heavy (non-hydrogen) atoms. The maximum Gasteiger partial charge on any atom is 0.345 e. The van der Waals surface area contributed by atoms with Crippen LogP contribution in [0.2, 0.25) is 5.02 Å². The normalized spacial score (nSPS) is 14.8. The Morgan fingerprint density at radius 3 is 2.84 bits per heavy atom. The molecule has 7 heteroatoms. The molecule has 3 rings (SSSR count). The third-order valence-electron chi connectivity index (χ3n) is 4.54. The Morgan fingerprint density at radius 2 is 2.12 bits per heavy atom. The monoisotopic (exact) mass is 363 g/mol. The smallest absolute Gasteiger partial charge is 0.345 e. The average molecular weight is 364 g/mol. The lowest BCUT2D eigenvalue weighted by atomic mass is 10.1. The van der Waals surface area contributed by atoms with Gasteiger partial charge in [0.25, 0.3) is 5.56 Å². The number of hydrogen-bond acceptors (Lipinski definition) is 5. The van der Waals surface area contributed by atoms with Crippen molar-refractivity contribution in [2.75, 3.05) is 38.6 Å². The minimum atomic E-state index is -0.662. The minimum Gasteiger partial charge on any atom is -0.465 e. The first kappa shape index (κ1) is 17.8. The van der Waals surface area contributed by atoms with E-state index < -0.39 is 11.5 Å². The number of rotatable bonds is 6. The third-order valence-corrected chi connectivity index (χ3v) is 4.85. The van der Waals surface area contributed by atoms with Crippen molar-refractivity contribution in [3.05, 3.63) is 39.1 Å². The number of ether oxygens (including phenoxy) is 1. The Kier molecular flexibility index (Phi) is 5.60. The number of H-pyrrole nitrogens is 1. The van der Waals surface area contributed by atoms with Gasteiger partial charge in [-0.2, -0.15) is 0 Å². The van der Waals surface area contributed by atoms with Gasteiger partial charge in [-0.25, -0.2) is 4.79 Å². The highest BCUT2D eigenvalue weighted by molar-refractivity contribution is 6.35. The van der Waals surface area contributed by atoms with Gasteiger partial charge in [-0.05, 0) is 45.0 Å². The van der Waals surface area contributed by atoms with Crippen molar-refractivity contribution in [2.24, 2.45) is 0 Å². The second-order valence-corrected chi connectivity index (χ2v) is 6.59. The van der Waals surface area contributed by atoms with Gasteiger partial charge in [-0.1, -0.05) is 23.7 Å². The molecule has 1 aliphatic heterocycles. The van der Waals surface area contributed by atoms with Gasteiger partial charge >= 0.3 is 5.97 Å². The lowest BCUT2D eigenvalue weighted by Gasteiger charge is -2.17. The van der Waals surface area contributed by atoms with Crippen LogP contribution in [-0.2, 0) is 4.74 Å². The summed E-state index contributed by atoms with van der Waals surface area (Å²) in [6, 6.07) is 5.32. The second kappa shape index (κ2) is 7.89. The van der Waals surface area contributed by atoms with Crippen molar-refractivity contribution in [3.8, 4) is 0 Å². The molecule has 0 amide bonds. The van der Waals surface area contributed by atoms with Crippen LogP contribution in [0.15, 0.2) is 23.0 Å². The molecule has 0 atom stereocenters. The van der Waals surface area contributed by atoms with Crippen molar-refractivity contribution in [2.45, 2.75) is 19.3 Å². The van der Waals surface area contributed by atoms with Gasteiger partial charge < -0.3 is 19.9 Å². The van der Waals surface area contributed by atoms with E-state index in [2.05, 4.69) is 15.2 Å². The largest absolute Gasteiger partial charge is 0.465 e. The van der Waals surface area contributed by atoms with Gasteiger partial charge in [0.2, 0.25) is 0 Å². The molecule has 0 spiro atoms. The topological polar surface area (TPSA) is 74.4 Å². The summed E-state index contributed by atoms with van der Waals surface area (Å²) in [6.07, 6.45) is 3.45. The number of benzene rings is 1. The molecule has 1 fully saturated rings. The third kappa shape index (κ3) is 3.80. The molecule has 0 radical (unpaired) electrons. The first-order valence-corrected chi connectivity index (χ1v) is 8.88. The number of aromatic amines is 1. The molecule has 2 aromatic rings. The quantitative estimate of drug-likeness (QED) is 0.609. The summed E-state index contributed by atoms with van der Waals surface area (Å²) in [7, 11) is 1.26. The number of aromatic nitrogens is 1. The number of nitrogens with zero attached hydrogens (tertiary/aromatic N) is 1. The molecule has 134 valence electrons. The fraction of sp³-hybridized carbons (Fsp3) is 0.444. The Balaban J connectivity index is 1.88. The van der Waals surface area contributed by atoms with E-state index in [0.29, 0.717) is 28.2 Å². The predicted molar refractivity (Wildman–Crippen MR) is 99.7 cm³/mol. The molecule has 1 aliphatic rings. The number of hydrogen-bond donors (Lipinski definition) is 2. The van der Waals surface area contributed by atoms with Gasteiger partial charge in [-0.15, -0.1) is 0 Å². The van der Waals surface area contributed by atoms with Crippen LogP contribution in [-0.4, -0.2) is 49.1 Å². The fourth-order valence-electron chi connectivity index (χ4n) is 3.29. The number of para-hydroxylation sites is 1. The molecule has 0 aliphatic carbocycles. The number of carbonyl (C=O) groups excluding carboxylic acids is 1. The zero-order chi connectivity index (χ0) is 17.8. The first-order chi connectivity index (χ1) is 12.1. The summed E-state index contributed by atoms with van der Waals surface area (Å²) in [4.78, 5) is 29.6. The molecular weight excluding hydrogens is 342 g/mol. The highest BCUT2D eigenvalue weighted by Gasteiger charge is 2.21. The van der Waals surface area contributed by atoms with Crippen molar-refractivity contribution in [1.29, 1.82) is 0 Å². The number of methoxy groups -OCH3 is 1. The number of carbonyl (C=O) groups is 1. The van der Waals surface area contributed by atoms with Crippen LogP contribution in [0.3, 0.4) is 0 Å². The van der Waals surface area contributed by atoms with Crippen molar-refractivity contribution in [3.63, 3.8) is 0 Å². The van der Waals surface area contributed by atoms with Crippen LogP contribution in [0.1, 0.15) is 29.6 Å². The lowest BCUT2D eigenvalue weighted by molar-refractivity contribution is 0.0600. The van der Waals surface area contributed by atoms with E-state index in [-0.39, 0.29) is 5.56 Å². The molecule has 2 N–H and O–H groups in total. The standard InChI is InChI=1S/C18H22ClN3O3/c1-25-18(24)14-16(20-8-5-11-22-9-2-3-10-22)12-6-4-7-13(19)15(12)21-17(14)23/h4,6-7H,2-3,5,8-11H2,1H3,(H2,20,21,23). The Hall–Kier alpha value is -2.05. The van der Waals surface area contributed by atoms with E-state index in [1.807, 2.05) is 6.07 Å².